The van der Waals surface area contributed by atoms with Crippen molar-refractivity contribution in [2.24, 2.45) is 0 Å². The van der Waals surface area contributed by atoms with E-state index in [-0.39, 0.29) is 24.0 Å². The van der Waals surface area contributed by atoms with Crippen molar-refractivity contribution in [3.63, 3.8) is 0 Å². The van der Waals surface area contributed by atoms with E-state index < -0.39 is 0 Å². The first kappa shape index (κ1) is 13.0. The Bertz CT molecular complexity index is 596. The Morgan fingerprint density at radius 3 is 2.79 bits per heavy atom. The van der Waals surface area contributed by atoms with Crippen molar-refractivity contribution in [1.29, 1.82) is 0 Å². The predicted octanol–water partition coefficient (Wildman–Crippen LogP) is 2.04. The summed E-state index contributed by atoms with van der Waals surface area (Å²) < 4.78 is 13.3. The molecule has 19 heavy (non-hydrogen) atoms. The molecule has 0 saturated heterocycles. The Labute approximate surface area is 110 Å². The summed E-state index contributed by atoms with van der Waals surface area (Å²) in [4.78, 5) is 15.7. The second-order valence-corrected chi connectivity index (χ2v) is 4.24. The topological polar surface area (TPSA) is 68.0 Å². The van der Waals surface area contributed by atoms with Crippen LogP contribution in [0.25, 0.3) is 0 Å². The molecule has 0 atom stereocenters. The summed E-state index contributed by atoms with van der Waals surface area (Å²) in [6.45, 7) is 1.94. The molecule has 0 aliphatic carbocycles. The Morgan fingerprint density at radius 1 is 1.37 bits per heavy atom. The van der Waals surface area contributed by atoms with E-state index in [0.717, 1.165) is 0 Å². The van der Waals surface area contributed by atoms with Gasteiger partial charge in [0.2, 0.25) is 0 Å². The SMILES string of the molecule is Cc1ccc(CNC(=O)c2ccc(N)cn2)cc1F. The number of benzene rings is 1. The van der Waals surface area contributed by atoms with Crippen LogP contribution in [-0.4, -0.2) is 10.9 Å². The number of hydrogen-bond donors (Lipinski definition) is 2. The Morgan fingerprint density at radius 2 is 2.16 bits per heavy atom. The number of anilines is 1. The van der Waals surface area contributed by atoms with Gasteiger partial charge in [0, 0.05) is 6.54 Å². The van der Waals surface area contributed by atoms with Gasteiger partial charge in [0.25, 0.3) is 5.91 Å². The molecular formula is C14H14FN3O. The number of hydrogen-bond acceptors (Lipinski definition) is 3. The molecule has 1 heterocycles. The number of rotatable bonds is 3. The minimum atomic E-state index is -0.319. The number of amides is 1. The average Bonchev–Trinajstić information content (AvgIpc) is 2.40. The molecule has 0 unspecified atom stereocenters. The van der Waals surface area contributed by atoms with Crippen molar-refractivity contribution in [2.45, 2.75) is 13.5 Å². The van der Waals surface area contributed by atoms with Crippen molar-refractivity contribution < 1.29 is 9.18 Å². The Kier molecular flexibility index (Phi) is 3.75. The number of halogens is 1. The van der Waals surface area contributed by atoms with Crippen LogP contribution >= 0.6 is 0 Å². The minimum Gasteiger partial charge on any atom is -0.397 e. The Hall–Kier alpha value is -2.43. The molecule has 4 nitrogen and oxygen atoms in total. The van der Waals surface area contributed by atoms with Crippen LogP contribution in [0.2, 0.25) is 0 Å². The van der Waals surface area contributed by atoms with Gasteiger partial charge in [0.1, 0.15) is 11.5 Å². The highest BCUT2D eigenvalue weighted by atomic mass is 19.1. The molecule has 0 radical (unpaired) electrons. The highest BCUT2D eigenvalue weighted by Crippen LogP contribution is 2.09. The fraction of sp³-hybridized carbons (Fsp3) is 0.143. The fourth-order valence-electron chi connectivity index (χ4n) is 1.56. The summed E-state index contributed by atoms with van der Waals surface area (Å²) in [5, 5.41) is 2.67. The molecule has 1 aromatic heterocycles. The minimum absolute atomic E-state index is 0.252. The van der Waals surface area contributed by atoms with Gasteiger partial charge < -0.3 is 11.1 Å². The molecule has 5 heteroatoms. The third kappa shape index (κ3) is 3.28. The first-order chi connectivity index (χ1) is 9.06. The summed E-state index contributed by atoms with van der Waals surface area (Å²) in [5.41, 5.74) is 7.54. The number of nitrogens with two attached hydrogens (primary N) is 1. The van der Waals surface area contributed by atoms with E-state index >= 15 is 0 Å². The van der Waals surface area contributed by atoms with E-state index in [1.807, 2.05) is 0 Å². The molecule has 98 valence electrons. The lowest BCUT2D eigenvalue weighted by Crippen LogP contribution is -2.23. The van der Waals surface area contributed by atoms with Crippen molar-refractivity contribution >= 4 is 11.6 Å². The van der Waals surface area contributed by atoms with Crippen LogP contribution in [0, 0.1) is 12.7 Å². The van der Waals surface area contributed by atoms with E-state index in [0.29, 0.717) is 16.8 Å². The zero-order chi connectivity index (χ0) is 13.8. The maximum absolute atomic E-state index is 13.3. The lowest BCUT2D eigenvalue weighted by atomic mass is 10.1. The molecule has 0 spiro atoms. The fourth-order valence-corrected chi connectivity index (χ4v) is 1.56. The van der Waals surface area contributed by atoms with Crippen LogP contribution in [0.1, 0.15) is 21.6 Å². The van der Waals surface area contributed by atoms with Gasteiger partial charge in [-0.15, -0.1) is 0 Å². The van der Waals surface area contributed by atoms with Gasteiger partial charge in [0.05, 0.1) is 11.9 Å². The number of nitrogens with zero attached hydrogens (tertiary/aromatic N) is 1. The maximum Gasteiger partial charge on any atom is 0.270 e. The number of pyridine rings is 1. The van der Waals surface area contributed by atoms with Gasteiger partial charge in [0.15, 0.2) is 0 Å². The van der Waals surface area contributed by atoms with Gasteiger partial charge in [-0.2, -0.15) is 0 Å². The zero-order valence-electron chi connectivity index (χ0n) is 10.5. The van der Waals surface area contributed by atoms with Crippen LogP contribution in [0.4, 0.5) is 10.1 Å². The monoisotopic (exact) mass is 259 g/mol. The summed E-state index contributed by atoms with van der Waals surface area (Å²) >= 11 is 0. The molecule has 0 fully saturated rings. The standard InChI is InChI=1S/C14H14FN3O/c1-9-2-3-10(6-12(9)15)7-18-14(19)13-5-4-11(16)8-17-13/h2-6,8H,7,16H2,1H3,(H,18,19). The predicted molar refractivity (Wildman–Crippen MR) is 71.0 cm³/mol. The number of carbonyl (C=O) groups is 1. The van der Waals surface area contributed by atoms with Crippen LogP contribution in [-0.2, 0) is 6.54 Å². The summed E-state index contributed by atoms with van der Waals surface area (Å²) in [6.07, 6.45) is 1.42. The van der Waals surface area contributed by atoms with Gasteiger partial charge in [-0.1, -0.05) is 12.1 Å². The quantitative estimate of drug-likeness (QED) is 0.886. The van der Waals surface area contributed by atoms with Crippen molar-refractivity contribution in [2.75, 3.05) is 5.73 Å². The van der Waals surface area contributed by atoms with Gasteiger partial charge in [-0.05, 0) is 36.2 Å². The van der Waals surface area contributed by atoms with E-state index in [1.165, 1.54) is 12.3 Å². The number of nitrogens with one attached hydrogen (secondary N) is 1. The molecule has 0 aliphatic heterocycles. The first-order valence-electron chi connectivity index (χ1n) is 5.81. The van der Waals surface area contributed by atoms with E-state index in [2.05, 4.69) is 10.3 Å². The molecule has 0 bridgehead atoms. The number of aryl methyl sites for hydroxylation is 1. The van der Waals surface area contributed by atoms with Crippen molar-refractivity contribution in [3.8, 4) is 0 Å². The number of nitrogen functional groups attached to an aromatic ring is 1. The van der Waals surface area contributed by atoms with Crippen LogP contribution < -0.4 is 11.1 Å². The molecule has 0 aliphatic rings. The normalized spacial score (nSPS) is 10.2. The molecule has 2 aromatic rings. The highest BCUT2D eigenvalue weighted by Gasteiger charge is 2.07. The largest absolute Gasteiger partial charge is 0.397 e. The molecular weight excluding hydrogens is 245 g/mol. The smallest absolute Gasteiger partial charge is 0.270 e. The van der Waals surface area contributed by atoms with Crippen molar-refractivity contribution in [1.82, 2.24) is 10.3 Å². The van der Waals surface area contributed by atoms with Gasteiger partial charge in [-0.25, -0.2) is 9.37 Å². The third-order valence-corrected chi connectivity index (χ3v) is 2.71. The van der Waals surface area contributed by atoms with Crippen LogP contribution in [0.3, 0.4) is 0 Å². The molecule has 1 amide bonds. The van der Waals surface area contributed by atoms with Gasteiger partial charge in [-0.3, -0.25) is 4.79 Å². The Balaban J connectivity index is 2.00. The first-order valence-corrected chi connectivity index (χ1v) is 5.81. The number of carbonyl (C=O) groups excluding carboxylic acids is 1. The van der Waals surface area contributed by atoms with Crippen molar-refractivity contribution in [3.05, 3.63) is 59.2 Å². The third-order valence-electron chi connectivity index (χ3n) is 2.71. The molecule has 3 N–H and O–H groups in total. The van der Waals surface area contributed by atoms with Crippen LogP contribution in [0.5, 0.6) is 0 Å². The lowest BCUT2D eigenvalue weighted by molar-refractivity contribution is 0.0946. The highest BCUT2D eigenvalue weighted by molar-refractivity contribution is 5.92. The molecule has 1 aromatic carbocycles. The summed E-state index contributed by atoms with van der Waals surface area (Å²) in [5.74, 6) is -0.599. The molecule has 0 saturated carbocycles. The second kappa shape index (κ2) is 5.48. The number of aromatic nitrogens is 1. The van der Waals surface area contributed by atoms with E-state index in [1.54, 1.807) is 31.2 Å². The second-order valence-electron chi connectivity index (χ2n) is 4.24. The van der Waals surface area contributed by atoms with E-state index in [4.69, 9.17) is 5.73 Å². The zero-order valence-corrected chi connectivity index (χ0v) is 10.5. The van der Waals surface area contributed by atoms with Gasteiger partial charge >= 0.3 is 0 Å². The lowest BCUT2D eigenvalue weighted by Gasteiger charge is -2.06. The molecule has 2 rings (SSSR count). The summed E-state index contributed by atoms with van der Waals surface area (Å²) in [6, 6.07) is 8.01. The summed E-state index contributed by atoms with van der Waals surface area (Å²) in [7, 11) is 0. The van der Waals surface area contributed by atoms with E-state index in [9.17, 15) is 9.18 Å². The maximum atomic E-state index is 13.3. The average molecular weight is 259 g/mol. The van der Waals surface area contributed by atoms with Crippen LogP contribution in [0.15, 0.2) is 36.5 Å².